The molecule has 1 heterocycles. The molecule has 1 fully saturated rings. The molecular formula is C11H20N2O3. The third kappa shape index (κ3) is 2.95. The third-order valence-corrected chi connectivity index (χ3v) is 3.05. The Labute approximate surface area is 96.3 Å². The number of rotatable bonds is 3. The van der Waals surface area contributed by atoms with E-state index in [0.717, 1.165) is 6.54 Å². The van der Waals surface area contributed by atoms with Gasteiger partial charge >= 0.3 is 5.97 Å². The van der Waals surface area contributed by atoms with E-state index in [2.05, 4.69) is 0 Å². The lowest BCUT2D eigenvalue weighted by molar-refractivity contribution is -0.146. The minimum atomic E-state index is -0.174. The van der Waals surface area contributed by atoms with Crippen LogP contribution in [0.5, 0.6) is 0 Å². The molecule has 0 aromatic heterocycles. The van der Waals surface area contributed by atoms with E-state index in [4.69, 9.17) is 4.74 Å². The van der Waals surface area contributed by atoms with Gasteiger partial charge in [0.05, 0.1) is 19.6 Å². The van der Waals surface area contributed by atoms with E-state index in [-0.39, 0.29) is 23.7 Å². The second-order valence-electron chi connectivity index (χ2n) is 4.59. The number of ether oxygens (including phenoxy) is 1. The molecule has 0 bridgehead atoms. The van der Waals surface area contributed by atoms with E-state index < -0.39 is 0 Å². The van der Waals surface area contributed by atoms with Crippen molar-refractivity contribution >= 4 is 11.9 Å². The maximum atomic E-state index is 11.5. The molecule has 1 saturated heterocycles. The van der Waals surface area contributed by atoms with Crippen molar-refractivity contribution in [2.75, 3.05) is 40.8 Å². The Morgan fingerprint density at radius 2 is 2.00 bits per heavy atom. The van der Waals surface area contributed by atoms with Gasteiger partial charge in [0, 0.05) is 27.2 Å². The molecule has 0 aromatic rings. The topological polar surface area (TPSA) is 49.9 Å². The van der Waals surface area contributed by atoms with Crippen molar-refractivity contribution in [2.24, 2.45) is 11.8 Å². The molecule has 1 rings (SSSR count). The Kier molecular flexibility index (Phi) is 4.29. The van der Waals surface area contributed by atoms with Crippen molar-refractivity contribution in [3.05, 3.63) is 0 Å². The monoisotopic (exact) mass is 228 g/mol. The minimum absolute atomic E-state index is 0.0673. The Balaban J connectivity index is 2.50. The molecule has 2 unspecified atom stereocenters. The number of carbonyl (C=O) groups is 2. The molecule has 0 aliphatic carbocycles. The first-order chi connectivity index (χ1) is 7.45. The minimum Gasteiger partial charge on any atom is -0.469 e. The van der Waals surface area contributed by atoms with Gasteiger partial charge in [-0.25, -0.2) is 0 Å². The summed E-state index contributed by atoms with van der Waals surface area (Å²) in [7, 11) is 4.88. The molecule has 1 amide bonds. The van der Waals surface area contributed by atoms with Crippen LogP contribution in [0, 0.1) is 11.8 Å². The number of likely N-dealkylation sites (tertiary alicyclic amines) is 1. The molecule has 16 heavy (non-hydrogen) atoms. The number of hydrogen-bond acceptors (Lipinski definition) is 4. The first-order valence-corrected chi connectivity index (χ1v) is 5.46. The van der Waals surface area contributed by atoms with E-state index in [1.165, 1.54) is 7.11 Å². The van der Waals surface area contributed by atoms with Gasteiger partial charge in [-0.3, -0.25) is 14.5 Å². The molecule has 5 nitrogen and oxygen atoms in total. The summed E-state index contributed by atoms with van der Waals surface area (Å²) in [6.07, 6.45) is 0. The fourth-order valence-corrected chi connectivity index (χ4v) is 1.99. The summed E-state index contributed by atoms with van der Waals surface area (Å²) in [5.41, 5.74) is 0. The Morgan fingerprint density at radius 3 is 2.50 bits per heavy atom. The highest BCUT2D eigenvalue weighted by Gasteiger charge is 2.36. The SMILES string of the molecule is COC(=O)C1CN(CC(=O)N(C)C)CC1C. The molecule has 0 N–H and O–H groups in total. The zero-order chi connectivity index (χ0) is 12.3. The summed E-state index contributed by atoms with van der Waals surface area (Å²) >= 11 is 0. The molecule has 0 aromatic carbocycles. The first kappa shape index (κ1) is 13.0. The van der Waals surface area contributed by atoms with Gasteiger partial charge in [0.1, 0.15) is 0 Å². The van der Waals surface area contributed by atoms with E-state index >= 15 is 0 Å². The second kappa shape index (κ2) is 5.30. The molecular weight excluding hydrogens is 208 g/mol. The normalized spacial score (nSPS) is 25.5. The lowest BCUT2D eigenvalue weighted by Gasteiger charge is -2.17. The number of carbonyl (C=O) groups excluding carboxylic acids is 2. The average molecular weight is 228 g/mol. The number of methoxy groups -OCH3 is 1. The maximum Gasteiger partial charge on any atom is 0.310 e. The summed E-state index contributed by atoms with van der Waals surface area (Å²) < 4.78 is 4.74. The highest BCUT2D eigenvalue weighted by atomic mass is 16.5. The maximum absolute atomic E-state index is 11.5. The first-order valence-electron chi connectivity index (χ1n) is 5.46. The van der Waals surface area contributed by atoms with E-state index in [1.54, 1.807) is 19.0 Å². The lowest BCUT2D eigenvalue weighted by Crippen LogP contribution is -2.35. The summed E-state index contributed by atoms with van der Waals surface area (Å²) in [4.78, 5) is 26.5. The quantitative estimate of drug-likeness (QED) is 0.629. The van der Waals surface area contributed by atoms with Gasteiger partial charge < -0.3 is 9.64 Å². The van der Waals surface area contributed by atoms with Crippen LogP contribution < -0.4 is 0 Å². The highest BCUT2D eigenvalue weighted by molar-refractivity contribution is 5.78. The lowest BCUT2D eigenvalue weighted by atomic mass is 9.99. The van der Waals surface area contributed by atoms with Gasteiger partial charge in [0.2, 0.25) is 5.91 Å². The third-order valence-electron chi connectivity index (χ3n) is 3.05. The fourth-order valence-electron chi connectivity index (χ4n) is 1.99. The summed E-state index contributed by atoms with van der Waals surface area (Å²) in [6, 6.07) is 0. The number of nitrogens with zero attached hydrogens (tertiary/aromatic N) is 2. The molecule has 92 valence electrons. The van der Waals surface area contributed by atoms with Gasteiger partial charge in [-0.1, -0.05) is 6.92 Å². The zero-order valence-corrected chi connectivity index (χ0v) is 10.4. The summed E-state index contributed by atoms with van der Waals surface area (Å²) in [5.74, 6) is 0.0485. The van der Waals surface area contributed by atoms with Gasteiger partial charge in [-0.15, -0.1) is 0 Å². The van der Waals surface area contributed by atoms with Crippen molar-refractivity contribution in [3.8, 4) is 0 Å². The molecule has 0 radical (unpaired) electrons. The highest BCUT2D eigenvalue weighted by Crippen LogP contribution is 2.23. The fraction of sp³-hybridized carbons (Fsp3) is 0.818. The van der Waals surface area contributed by atoms with Crippen molar-refractivity contribution in [3.63, 3.8) is 0 Å². The van der Waals surface area contributed by atoms with Gasteiger partial charge in [-0.2, -0.15) is 0 Å². The molecule has 2 atom stereocenters. The van der Waals surface area contributed by atoms with Crippen molar-refractivity contribution in [2.45, 2.75) is 6.92 Å². The largest absolute Gasteiger partial charge is 0.469 e. The number of likely N-dealkylation sites (N-methyl/N-ethyl adjacent to an activating group) is 1. The predicted molar refractivity (Wildman–Crippen MR) is 59.8 cm³/mol. The number of amides is 1. The Hall–Kier alpha value is -1.10. The molecule has 0 spiro atoms. The zero-order valence-electron chi connectivity index (χ0n) is 10.4. The van der Waals surface area contributed by atoms with Crippen LogP contribution in [-0.2, 0) is 14.3 Å². The molecule has 5 heteroatoms. The standard InChI is InChI=1S/C11H20N2O3/c1-8-5-13(7-10(14)12(2)3)6-9(8)11(15)16-4/h8-9H,5-7H2,1-4H3. The second-order valence-corrected chi connectivity index (χ2v) is 4.59. The van der Waals surface area contributed by atoms with Crippen LogP contribution in [0.15, 0.2) is 0 Å². The Morgan fingerprint density at radius 1 is 1.38 bits per heavy atom. The van der Waals surface area contributed by atoms with Crippen LogP contribution in [0.3, 0.4) is 0 Å². The molecule has 1 aliphatic rings. The van der Waals surface area contributed by atoms with Crippen LogP contribution in [0.4, 0.5) is 0 Å². The van der Waals surface area contributed by atoms with Gasteiger partial charge in [-0.05, 0) is 5.92 Å². The predicted octanol–water partition coefficient (Wildman–Crippen LogP) is -0.184. The summed E-state index contributed by atoms with van der Waals surface area (Å²) in [6.45, 7) is 3.79. The number of esters is 1. The summed E-state index contributed by atoms with van der Waals surface area (Å²) in [5, 5.41) is 0. The van der Waals surface area contributed by atoms with Crippen LogP contribution in [0.25, 0.3) is 0 Å². The van der Waals surface area contributed by atoms with Crippen LogP contribution in [0.1, 0.15) is 6.92 Å². The van der Waals surface area contributed by atoms with E-state index in [1.807, 2.05) is 11.8 Å². The van der Waals surface area contributed by atoms with Crippen LogP contribution in [-0.4, -0.2) is 62.5 Å². The average Bonchev–Trinajstić information content (AvgIpc) is 2.58. The van der Waals surface area contributed by atoms with E-state index in [9.17, 15) is 9.59 Å². The van der Waals surface area contributed by atoms with Crippen molar-refractivity contribution in [1.82, 2.24) is 9.80 Å². The van der Waals surface area contributed by atoms with Crippen LogP contribution in [0.2, 0.25) is 0 Å². The number of hydrogen-bond donors (Lipinski definition) is 0. The molecule has 0 saturated carbocycles. The van der Waals surface area contributed by atoms with Gasteiger partial charge in [0.25, 0.3) is 0 Å². The molecule has 1 aliphatic heterocycles. The Bertz CT molecular complexity index is 278. The van der Waals surface area contributed by atoms with Crippen molar-refractivity contribution < 1.29 is 14.3 Å². The van der Waals surface area contributed by atoms with Gasteiger partial charge in [0.15, 0.2) is 0 Å². The van der Waals surface area contributed by atoms with Crippen LogP contribution >= 0.6 is 0 Å². The van der Waals surface area contributed by atoms with E-state index in [0.29, 0.717) is 13.1 Å². The van der Waals surface area contributed by atoms with Crippen molar-refractivity contribution in [1.29, 1.82) is 0 Å². The smallest absolute Gasteiger partial charge is 0.310 e.